The number of aliphatic carboxylic acids is 1. The van der Waals surface area contributed by atoms with Gasteiger partial charge in [0.05, 0.1) is 5.41 Å². The van der Waals surface area contributed by atoms with Crippen LogP contribution in [0.2, 0.25) is 0 Å². The van der Waals surface area contributed by atoms with E-state index in [0.717, 1.165) is 45.6 Å². The van der Waals surface area contributed by atoms with Gasteiger partial charge < -0.3 is 14.9 Å². The molecule has 0 aromatic heterocycles. The van der Waals surface area contributed by atoms with E-state index in [2.05, 4.69) is 11.8 Å². The number of urea groups is 1. The van der Waals surface area contributed by atoms with Crippen LogP contribution in [0.15, 0.2) is 0 Å². The first-order chi connectivity index (χ1) is 9.96. The molecule has 1 atom stereocenters. The van der Waals surface area contributed by atoms with Crippen molar-refractivity contribution < 1.29 is 14.7 Å². The Morgan fingerprint density at radius 1 is 1.10 bits per heavy atom. The van der Waals surface area contributed by atoms with Gasteiger partial charge in [-0.2, -0.15) is 0 Å². The quantitative estimate of drug-likeness (QED) is 0.853. The number of carboxylic acids is 1. The van der Waals surface area contributed by atoms with Crippen LogP contribution in [0.5, 0.6) is 0 Å². The lowest BCUT2D eigenvalue weighted by Crippen LogP contribution is -2.56. The fourth-order valence-corrected chi connectivity index (χ4v) is 3.26. The lowest BCUT2D eigenvalue weighted by molar-refractivity contribution is -0.150. The van der Waals surface area contributed by atoms with E-state index in [9.17, 15) is 14.7 Å². The molecule has 120 valence electrons. The van der Waals surface area contributed by atoms with E-state index in [1.807, 2.05) is 4.90 Å². The van der Waals surface area contributed by atoms with E-state index in [1.54, 1.807) is 11.8 Å². The molecule has 0 saturated carbocycles. The van der Waals surface area contributed by atoms with Crippen LogP contribution < -0.4 is 0 Å². The third-order valence-corrected chi connectivity index (χ3v) is 4.67. The first-order valence-electron chi connectivity index (χ1n) is 7.96. The Morgan fingerprint density at radius 2 is 1.76 bits per heavy atom. The Kier molecular flexibility index (Phi) is 5.08. The predicted molar refractivity (Wildman–Crippen MR) is 80.2 cm³/mol. The molecule has 2 fully saturated rings. The number of likely N-dealkylation sites (tertiary alicyclic amines) is 1. The predicted octanol–water partition coefficient (Wildman–Crippen LogP) is 1.32. The number of hydrogen-bond donors (Lipinski definition) is 1. The number of carbonyl (C=O) groups excluding carboxylic acids is 1. The summed E-state index contributed by atoms with van der Waals surface area (Å²) < 4.78 is 0. The van der Waals surface area contributed by atoms with Crippen molar-refractivity contribution >= 4 is 12.0 Å². The largest absolute Gasteiger partial charge is 0.481 e. The normalized spacial score (nSPS) is 27.7. The zero-order valence-corrected chi connectivity index (χ0v) is 13.2. The second-order valence-corrected chi connectivity index (χ2v) is 6.50. The summed E-state index contributed by atoms with van der Waals surface area (Å²) >= 11 is 0. The van der Waals surface area contributed by atoms with Crippen LogP contribution in [-0.4, -0.2) is 77.6 Å². The van der Waals surface area contributed by atoms with Crippen LogP contribution in [-0.2, 0) is 4.79 Å². The van der Waals surface area contributed by atoms with Crippen molar-refractivity contribution in [3.63, 3.8) is 0 Å². The third-order valence-electron chi connectivity index (χ3n) is 4.67. The van der Waals surface area contributed by atoms with E-state index >= 15 is 0 Å². The fraction of sp³-hybridized carbons (Fsp3) is 0.867. The Labute approximate surface area is 126 Å². The Balaban J connectivity index is 1.90. The van der Waals surface area contributed by atoms with Crippen molar-refractivity contribution in [3.05, 3.63) is 0 Å². The highest BCUT2D eigenvalue weighted by atomic mass is 16.4. The molecule has 0 aromatic carbocycles. The molecule has 2 amide bonds. The minimum absolute atomic E-state index is 0.0123. The number of amides is 2. The van der Waals surface area contributed by atoms with Crippen molar-refractivity contribution in [2.45, 2.75) is 33.1 Å². The standard InChI is InChI=1S/C15H27N3O3/c1-3-6-16-8-10-17(11-9-16)14(21)18-7-4-5-15(2,12-18)13(19)20/h3-12H2,1-2H3,(H,19,20). The molecule has 2 heterocycles. The summed E-state index contributed by atoms with van der Waals surface area (Å²) in [5, 5.41) is 9.34. The number of carbonyl (C=O) groups is 2. The molecule has 6 nitrogen and oxygen atoms in total. The van der Waals surface area contributed by atoms with Gasteiger partial charge in [0.25, 0.3) is 0 Å². The Bertz CT molecular complexity index is 394. The van der Waals surface area contributed by atoms with Crippen LogP contribution in [0.1, 0.15) is 33.1 Å². The highest BCUT2D eigenvalue weighted by Crippen LogP contribution is 2.30. The highest BCUT2D eigenvalue weighted by molar-refractivity contribution is 5.78. The number of nitrogens with zero attached hydrogens (tertiary/aromatic N) is 3. The lowest BCUT2D eigenvalue weighted by Gasteiger charge is -2.42. The maximum Gasteiger partial charge on any atom is 0.320 e. The maximum absolute atomic E-state index is 12.6. The summed E-state index contributed by atoms with van der Waals surface area (Å²) in [6.45, 7) is 9.34. The second-order valence-electron chi connectivity index (χ2n) is 6.50. The lowest BCUT2D eigenvalue weighted by atomic mass is 9.82. The van der Waals surface area contributed by atoms with E-state index in [0.29, 0.717) is 19.5 Å². The molecule has 2 aliphatic rings. The smallest absolute Gasteiger partial charge is 0.320 e. The SMILES string of the molecule is CCCN1CCN(C(=O)N2CCCC(C)(C(=O)O)C2)CC1. The molecule has 21 heavy (non-hydrogen) atoms. The molecular weight excluding hydrogens is 270 g/mol. The fourth-order valence-electron chi connectivity index (χ4n) is 3.26. The van der Waals surface area contributed by atoms with Gasteiger partial charge in [0.2, 0.25) is 0 Å². The first kappa shape index (κ1) is 16.1. The van der Waals surface area contributed by atoms with Gasteiger partial charge in [0.1, 0.15) is 0 Å². The molecule has 0 aromatic rings. The molecule has 1 N–H and O–H groups in total. The van der Waals surface area contributed by atoms with Gasteiger partial charge in [0, 0.05) is 39.3 Å². The average Bonchev–Trinajstić information content (AvgIpc) is 2.47. The summed E-state index contributed by atoms with van der Waals surface area (Å²) in [4.78, 5) is 29.9. The number of rotatable bonds is 3. The summed E-state index contributed by atoms with van der Waals surface area (Å²) in [6, 6.07) is 0.0123. The van der Waals surface area contributed by atoms with Gasteiger partial charge in [-0.05, 0) is 32.7 Å². The Morgan fingerprint density at radius 3 is 2.33 bits per heavy atom. The number of carboxylic acid groups (broad SMARTS) is 1. The van der Waals surface area contributed by atoms with Crippen LogP contribution in [0.25, 0.3) is 0 Å². The summed E-state index contributed by atoms with van der Waals surface area (Å²) in [5.74, 6) is -0.798. The second kappa shape index (κ2) is 6.64. The van der Waals surface area contributed by atoms with Crippen molar-refractivity contribution in [1.82, 2.24) is 14.7 Å². The van der Waals surface area contributed by atoms with Crippen molar-refractivity contribution in [3.8, 4) is 0 Å². The van der Waals surface area contributed by atoms with Gasteiger partial charge in [0.15, 0.2) is 0 Å². The van der Waals surface area contributed by atoms with Crippen LogP contribution in [0.3, 0.4) is 0 Å². The van der Waals surface area contributed by atoms with Gasteiger partial charge in [-0.1, -0.05) is 6.92 Å². The van der Waals surface area contributed by atoms with E-state index in [-0.39, 0.29) is 6.03 Å². The van der Waals surface area contributed by atoms with E-state index in [1.165, 1.54) is 0 Å². The molecule has 6 heteroatoms. The molecule has 2 aliphatic heterocycles. The zero-order chi connectivity index (χ0) is 15.5. The van der Waals surface area contributed by atoms with Gasteiger partial charge >= 0.3 is 12.0 Å². The molecular formula is C15H27N3O3. The van der Waals surface area contributed by atoms with Crippen molar-refractivity contribution in [2.24, 2.45) is 5.41 Å². The van der Waals surface area contributed by atoms with Crippen molar-refractivity contribution in [2.75, 3.05) is 45.8 Å². The summed E-state index contributed by atoms with van der Waals surface area (Å²) in [6.07, 6.45) is 2.55. The molecule has 2 rings (SSSR count). The Hall–Kier alpha value is -1.30. The minimum Gasteiger partial charge on any atom is -0.481 e. The maximum atomic E-state index is 12.6. The number of piperidine rings is 1. The van der Waals surface area contributed by atoms with E-state index in [4.69, 9.17) is 0 Å². The first-order valence-corrected chi connectivity index (χ1v) is 7.96. The van der Waals surface area contributed by atoms with E-state index < -0.39 is 11.4 Å². The van der Waals surface area contributed by atoms with Crippen LogP contribution in [0, 0.1) is 5.41 Å². The third kappa shape index (κ3) is 3.67. The number of piperazine rings is 1. The molecule has 2 saturated heterocycles. The summed E-state index contributed by atoms with van der Waals surface area (Å²) in [7, 11) is 0. The monoisotopic (exact) mass is 297 g/mol. The van der Waals surface area contributed by atoms with Crippen LogP contribution >= 0.6 is 0 Å². The van der Waals surface area contributed by atoms with Crippen molar-refractivity contribution in [1.29, 1.82) is 0 Å². The minimum atomic E-state index is -0.798. The zero-order valence-electron chi connectivity index (χ0n) is 13.2. The average molecular weight is 297 g/mol. The van der Waals surface area contributed by atoms with Gasteiger partial charge in [-0.15, -0.1) is 0 Å². The number of hydrogen-bond acceptors (Lipinski definition) is 3. The molecule has 0 aliphatic carbocycles. The molecule has 1 unspecified atom stereocenters. The molecule has 0 bridgehead atoms. The van der Waals surface area contributed by atoms with Gasteiger partial charge in [-0.25, -0.2) is 4.79 Å². The van der Waals surface area contributed by atoms with Crippen LogP contribution in [0.4, 0.5) is 4.79 Å². The highest BCUT2D eigenvalue weighted by Gasteiger charge is 2.40. The summed E-state index contributed by atoms with van der Waals surface area (Å²) in [5.41, 5.74) is -0.794. The molecule has 0 radical (unpaired) electrons. The topological polar surface area (TPSA) is 64.1 Å². The van der Waals surface area contributed by atoms with Gasteiger partial charge in [-0.3, -0.25) is 9.69 Å². The molecule has 0 spiro atoms.